The Kier molecular flexibility index (Phi) is 3.14. The molecule has 0 saturated heterocycles. The molecule has 0 aliphatic carbocycles. The molecule has 0 saturated carbocycles. The van der Waals surface area contributed by atoms with Gasteiger partial charge in [0.15, 0.2) is 0 Å². The molecule has 0 atom stereocenters. The van der Waals surface area contributed by atoms with Crippen LogP contribution in [0.4, 0.5) is 0 Å². The Labute approximate surface area is 76.3 Å². The van der Waals surface area contributed by atoms with Crippen molar-refractivity contribution >= 4 is 17.7 Å². The average molecular weight is 184 g/mol. The zero-order chi connectivity index (χ0) is 8.97. The molecule has 0 radical (unpaired) electrons. The van der Waals surface area contributed by atoms with Crippen LogP contribution in [0.15, 0.2) is 24.3 Å². The summed E-state index contributed by atoms with van der Waals surface area (Å²) in [6.45, 7) is 0.450. The lowest BCUT2D eigenvalue weighted by Gasteiger charge is -1.98. The quantitative estimate of drug-likeness (QED) is 0.737. The lowest BCUT2D eigenvalue weighted by Crippen LogP contribution is -1.91. The van der Waals surface area contributed by atoms with Crippen LogP contribution in [0.1, 0.15) is 5.56 Å². The molecule has 1 aromatic rings. The van der Waals surface area contributed by atoms with Crippen LogP contribution >= 0.6 is 11.6 Å². The van der Waals surface area contributed by atoms with E-state index in [0.29, 0.717) is 17.1 Å². The molecule has 0 fully saturated rings. The van der Waals surface area contributed by atoms with Gasteiger partial charge >= 0.3 is 0 Å². The molecule has 0 spiro atoms. The molecular weight excluding hydrogens is 174 g/mol. The number of hydrogen-bond acceptors (Lipinski definition) is 2. The third-order valence-electron chi connectivity index (χ3n) is 1.42. The van der Waals surface area contributed by atoms with E-state index in [0.717, 1.165) is 0 Å². The summed E-state index contributed by atoms with van der Waals surface area (Å²) in [7, 11) is 0. The van der Waals surface area contributed by atoms with Crippen molar-refractivity contribution in [3.63, 3.8) is 0 Å². The highest BCUT2D eigenvalue weighted by Crippen LogP contribution is 2.22. The van der Waals surface area contributed by atoms with Crippen molar-refractivity contribution in [1.82, 2.24) is 0 Å². The van der Waals surface area contributed by atoms with E-state index in [1.165, 1.54) is 0 Å². The Morgan fingerprint density at radius 3 is 2.92 bits per heavy atom. The van der Waals surface area contributed by atoms with Crippen molar-refractivity contribution in [3.05, 3.63) is 34.9 Å². The van der Waals surface area contributed by atoms with Crippen LogP contribution in [0.25, 0.3) is 6.08 Å². The minimum atomic E-state index is 0.212. The zero-order valence-electron chi connectivity index (χ0n) is 6.50. The normalized spacial score (nSPS) is 10.8. The molecule has 0 aliphatic rings. The van der Waals surface area contributed by atoms with Crippen LogP contribution in [-0.4, -0.2) is 11.7 Å². The van der Waals surface area contributed by atoms with E-state index < -0.39 is 0 Å². The highest BCUT2D eigenvalue weighted by Gasteiger charge is 1.96. The molecule has 1 aromatic carbocycles. The van der Waals surface area contributed by atoms with Crippen LogP contribution in [0.5, 0.6) is 5.75 Å². The van der Waals surface area contributed by atoms with Gasteiger partial charge in [-0.2, -0.15) is 0 Å². The van der Waals surface area contributed by atoms with Crippen LogP contribution < -0.4 is 5.73 Å². The summed E-state index contributed by atoms with van der Waals surface area (Å²) in [6, 6.07) is 4.87. The molecule has 0 bridgehead atoms. The predicted octanol–water partition coefficient (Wildman–Crippen LogP) is 2.02. The standard InChI is InChI=1S/C9H10ClNO/c10-8-3-4-9(12)7(6-8)2-1-5-11/h1-4,6,12H,5,11H2. The molecule has 3 heteroatoms. The molecule has 0 amide bonds. The van der Waals surface area contributed by atoms with Crippen molar-refractivity contribution < 1.29 is 5.11 Å². The maximum absolute atomic E-state index is 9.31. The highest BCUT2D eigenvalue weighted by atomic mass is 35.5. The van der Waals surface area contributed by atoms with Gasteiger partial charge in [0.1, 0.15) is 5.75 Å². The van der Waals surface area contributed by atoms with Crippen molar-refractivity contribution in [2.45, 2.75) is 0 Å². The van der Waals surface area contributed by atoms with Crippen LogP contribution in [-0.2, 0) is 0 Å². The van der Waals surface area contributed by atoms with E-state index in [2.05, 4.69) is 0 Å². The number of phenols is 1. The van der Waals surface area contributed by atoms with E-state index in [9.17, 15) is 5.11 Å². The molecule has 0 unspecified atom stereocenters. The average Bonchev–Trinajstić information content (AvgIpc) is 2.07. The lowest BCUT2D eigenvalue weighted by molar-refractivity contribution is 0.474. The Bertz CT molecular complexity index is 297. The first-order valence-electron chi connectivity index (χ1n) is 3.59. The lowest BCUT2D eigenvalue weighted by atomic mass is 10.2. The largest absolute Gasteiger partial charge is 0.507 e. The fourth-order valence-electron chi connectivity index (χ4n) is 0.854. The van der Waals surface area contributed by atoms with Crippen molar-refractivity contribution in [2.75, 3.05) is 6.54 Å². The van der Waals surface area contributed by atoms with Gasteiger partial charge in [0.25, 0.3) is 0 Å². The Balaban J connectivity index is 2.97. The van der Waals surface area contributed by atoms with E-state index >= 15 is 0 Å². The first-order chi connectivity index (χ1) is 5.74. The summed E-state index contributed by atoms with van der Waals surface area (Å²) in [5.74, 6) is 0.212. The molecule has 0 heterocycles. The van der Waals surface area contributed by atoms with Gasteiger partial charge in [-0.25, -0.2) is 0 Å². The summed E-state index contributed by atoms with van der Waals surface area (Å²) >= 11 is 5.72. The van der Waals surface area contributed by atoms with Gasteiger partial charge in [-0.1, -0.05) is 23.8 Å². The van der Waals surface area contributed by atoms with E-state index in [4.69, 9.17) is 17.3 Å². The fraction of sp³-hybridized carbons (Fsp3) is 0.111. The first-order valence-corrected chi connectivity index (χ1v) is 3.97. The Morgan fingerprint density at radius 2 is 2.25 bits per heavy atom. The number of halogens is 1. The van der Waals surface area contributed by atoms with Crippen molar-refractivity contribution in [3.8, 4) is 5.75 Å². The zero-order valence-corrected chi connectivity index (χ0v) is 7.25. The van der Waals surface area contributed by atoms with Gasteiger partial charge in [-0.3, -0.25) is 0 Å². The first kappa shape index (κ1) is 9.10. The third kappa shape index (κ3) is 2.26. The maximum atomic E-state index is 9.31. The molecule has 0 aliphatic heterocycles. The number of rotatable bonds is 2. The molecule has 3 N–H and O–H groups in total. The minimum Gasteiger partial charge on any atom is -0.507 e. The minimum absolute atomic E-state index is 0.212. The molecule has 1 rings (SSSR count). The predicted molar refractivity (Wildman–Crippen MR) is 51.2 cm³/mol. The second-order valence-corrected chi connectivity index (χ2v) is 2.78. The van der Waals surface area contributed by atoms with Crippen molar-refractivity contribution in [1.29, 1.82) is 0 Å². The van der Waals surface area contributed by atoms with E-state index in [1.807, 2.05) is 0 Å². The second kappa shape index (κ2) is 4.14. The Hall–Kier alpha value is -0.990. The van der Waals surface area contributed by atoms with Gasteiger partial charge in [-0.15, -0.1) is 0 Å². The highest BCUT2D eigenvalue weighted by molar-refractivity contribution is 6.30. The third-order valence-corrected chi connectivity index (χ3v) is 1.66. The van der Waals surface area contributed by atoms with Crippen LogP contribution in [0.3, 0.4) is 0 Å². The number of aromatic hydroxyl groups is 1. The molecule has 64 valence electrons. The summed E-state index contributed by atoms with van der Waals surface area (Å²) in [5, 5.41) is 9.91. The van der Waals surface area contributed by atoms with E-state index in [-0.39, 0.29) is 5.75 Å². The number of nitrogens with two attached hydrogens (primary N) is 1. The van der Waals surface area contributed by atoms with Crippen LogP contribution in [0.2, 0.25) is 5.02 Å². The summed E-state index contributed by atoms with van der Waals surface area (Å²) < 4.78 is 0. The van der Waals surface area contributed by atoms with Gasteiger partial charge in [-0.05, 0) is 18.2 Å². The topological polar surface area (TPSA) is 46.2 Å². The van der Waals surface area contributed by atoms with Crippen molar-refractivity contribution in [2.24, 2.45) is 5.73 Å². The maximum Gasteiger partial charge on any atom is 0.122 e. The smallest absolute Gasteiger partial charge is 0.122 e. The summed E-state index contributed by atoms with van der Waals surface area (Å²) in [6.07, 6.45) is 3.49. The van der Waals surface area contributed by atoms with Crippen LogP contribution in [0, 0.1) is 0 Å². The SMILES string of the molecule is NCC=Cc1cc(Cl)ccc1O. The van der Waals surface area contributed by atoms with E-state index in [1.54, 1.807) is 30.4 Å². The van der Waals surface area contributed by atoms with Gasteiger partial charge in [0.2, 0.25) is 0 Å². The molecule has 12 heavy (non-hydrogen) atoms. The number of benzene rings is 1. The molecule has 2 nitrogen and oxygen atoms in total. The van der Waals surface area contributed by atoms with Gasteiger partial charge in [0.05, 0.1) is 0 Å². The Morgan fingerprint density at radius 1 is 1.50 bits per heavy atom. The van der Waals surface area contributed by atoms with Gasteiger partial charge in [0, 0.05) is 17.1 Å². The monoisotopic (exact) mass is 183 g/mol. The second-order valence-electron chi connectivity index (χ2n) is 2.34. The fourth-order valence-corrected chi connectivity index (χ4v) is 1.03. The number of phenolic OH excluding ortho intramolecular Hbond substituents is 1. The molecule has 0 aromatic heterocycles. The summed E-state index contributed by atoms with van der Waals surface area (Å²) in [4.78, 5) is 0. The number of hydrogen-bond donors (Lipinski definition) is 2. The van der Waals surface area contributed by atoms with Gasteiger partial charge < -0.3 is 10.8 Å². The summed E-state index contributed by atoms with van der Waals surface area (Å²) in [5.41, 5.74) is 5.95. The molecular formula is C9H10ClNO.